The summed E-state index contributed by atoms with van der Waals surface area (Å²) in [5, 5.41) is 16.8. The number of hydrogen-bond donors (Lipinski definition) is 2. The number of carbonyl (C=O) groups excluding carboxylic acids is 2. The highest BCUT2D eigenvalue weighted by Gasteiger charge is 2.25. The van der Waals surface area contributed by atoms with Crippen molar-refractivity contribution in [3.8, 4) is 0 Å². The maximum absolute atomic E-state index is 12.1. The molecule has 1 aliphatic rings. The van der Waals surface area contributed by atoms with Gasteiger partial charge < -0.3 is 15.4 Å². The van der Waals surface area contributed by atoms with Crippen LogP contribution >= 0.6 is 0 Å². The van der Waals surface area contributed by atoms with E-state index in [1.54, 1.807) is 19.9 Å². The zero-order valence-corrected chi connectivity index (χ0v) is 13.7. The monoisotopic (exact) mass is 335 g/mol. The van der Waals surface area contributed by atoms with E-state index in [4.69, 9.17) is 4.74 Å². The molecule has 0 spiro atoms. The van der Waals surface area contributed by atoms with Crippen molar-refractivity contribution < 1.29 is 19.2 Å². The van der Waals surface area contributed by atoms with Crippen molar-refractivity contribution in [2.24, 2.45) is 0 Å². The molecule has 8 nitrogen and oxygen atoms in total. The van der Waals surface area contributed by atoms with Crippen LogP contribution in [0, 0.1) is 10.1 Å². The number of nitro benzene ring substituents is 1. The highest BCUT2D eigenvalue weighted by Crippen LogP contribution is 2.31. The number of esters is 1. The zero-order chi connectivity index (χ0) is 17.7. The van der Waals surface area contributed by atoms with Gasteiger partial charge in [-0.15, -0.1) is 0 Å². The third kappa shape index (κ3) is 5.22. The summed E-state index contributed by atoms with van der Waals surface area (Å²) in [6.45, 7) is 3.60. The van der Waals surface area contributed by atoms with Crippen molar-refractivity contribution in [2.75, 3.05) is 11.9 Å². The molecule has 0 aliphatic heterocycles. The van der Waals surface area contributed by atoms with Gasteiger partial charge in [0.25, 0.3) is 11.6 Å². The molecule has 0 radical (unpaired) electrons. The van der Waals surface area contributed by atoms with Gasteiger partial charge in [-0.1, -0.05) is 0 Å². The van der Waals surface area contributed by atoms with Crippen LogP contribution in [0.25, 0.3) is 0 Å². The van der Waals surface area contributed by atoms with Crippen molar-refractivity contribution in [3.05, 3.63) is 33.9 Å². The first-order chi connectivity index (χ1) is 11.4. The summed E-state index contributed by atoms with van der Waals surface area (Å²) >= 11 is 0. The molecule has 0 unspecified atom stereocenters. The Hall–Kier alpha value is -2.64. The lowest BCUT2D eigenvalue weighted by Crippen LogP contribution is -2.27. The van der Waals surface area contributed by atoms with Gasteiger partial charge in [-0.2, -0.15) is 0 Å². The summed E-state index contributed by atoms with van der Waals surface area (Å²) in [6, 6.07) is 4.58. The molecule has 0 atom stereocenters. The van der Waals surface area contributed by atoms with Gasteiger partial charge in [-0.05, 0) is 38.8 Å². The first kappa shape index (κ1) is 17.7. The number of carbonyl (C=O) groups is 2. The molecule has 1 aromatic carbocycles. The number of amides is 1. The molecule has 1 aromatic rings. The fourth-order valence-corrected chi connectivity index (χ4v) is 2.10. The molecule has 0 heterocycles. The molecule has 1 saturated carbocycles. The Morgan fingerprint density at radius 3 is 2.67 bits per heavy atom. The minimum absolute atomic E-state index is 0.0489. The van der Waals surface area contributed by atoms with Gasteiger partial charge in [0, 0.05) is 24.2 Å². The van der Waals surface area contributed by atoms with E-state index in [0.717, 1.165) is 12.8 Å². The van der Waals surface area contributed by atoms with Crippen LogP contribution in [0.4, 0.5) is 11.4 Å². The molecule has 0 saturated heterocycles. The van der Waals surface area contributed by atoms with Crippen LogP contribution in [0.3, 0.4) is 0 Å². The molecule has 1 amide bonds. The molecular formula is C16H21N3O5. The van der Waals surface area contributed by atoms with Crippen molar-refractivity contribution >= 4 is 23.3 Å². The number of nitro groups is 1. The lowest BCUT2D eigenvalue weighted by Gasteiger charge is -2.09. The molecular weight excluding hydrogens is 314 g/mol. The summed E-state index contributed by atoms with van der Waals surface area (Å²) in [5.74, 6) is -0.867. The van der Waals surface area contributed by atoms with Gasteiger partial charge in [-0.3, -0.25) is 19.7 Å². The molecule has 2 rings (SSSR count). The van der Waals surface area contributed by atoms with Gasteiger partial charge in [0.2, 0.25) is 0 Å². The fourth-order valence-electron chi connectivity index (χ4n) is 2.10. The van der Waals surface area contributed by atoms with Crippen LogP contribution in [0.1, 0.15) is 43.5 Å². The van der Waals surface area contributed by atoms with E-state index < -0.39 is 16.8 Å². The Morgan fingerprint density at radius 1 is 1.38 bits per heavy atom. The maximum Gasteiger partial charge on any atom is 0.307 e. The Bertz CT molecular complexity index is 641. The van der Waals surface area contributed by atoms with Gasteiger partial charge in [0.15, 0.2) is 0 Å². The number of rotatable bonds is 8. The number of nitrogens with one attached hydrogen (secondary N) is 2. The standard InChI is InChI=1S/C16H21N3O5/c1-10(2)24-15(20)7-8-17-16(21)11-3-6-13(18-12-4-5-12)14(9-11)19(22)23/h3,6,9-10,12,18H,4-5,7-8H2,1-2H3,(H,17,21). The highest BCUT2D eigenvalue weighted by atomic mass is 16.6. The molecule has 130 valence electrons. The number of benzene rings is 1. The average molecular weight is 335 g/mol. The second-order valence-corrected chi connectivity index (χ2v) is 5.95. The third-order valence-corrected chi connectivity index (χ3v) is 3.38. The molecule has 2 N–H and O–H groups in total. The lowest BCUT2D eigenvalue weighted by atomic mass is 10.1. The smallest absolute Gasteiger partial charge is 0.307 e. The molecule has 8 heteroatoms. The van der Waals surface area contributed by atoms with Crippen LogP contribution in [0.5, 0.6) is 0 Å². The molecule has 0 bridgehead atoms. The normalized spacial score (nSPS) is 13.5. The number of hydrogen-bond acceptors (Lipinski definition) is 6. The van der Waals surface area contributed by atoms with Gasteiger partial charge in [0.1, 0.15) is 5.69 Å². The Kier molecular flexibility index (Phi) is 5.73. The lowest BCUT2D eigenvalue weighted by molar-refractivity contribution is -0.384. The van der Waals surface area contributed by atoms with Crippen molar-refractivity contribution in [1.29, 1.82) is 0 Å². The predicted molar refractivity (Wildman–Crippen MR) is 87.9 cm³/mol. The van der Waals surface area contributed by atoms with Crippen LogP contribution < -0.4 is 10.6 Å². The second kappa shape index (κ2) is 7.76. The van der Waals surface area contributed by atoms with E-state index in [0.29, 0.717) is 5.69 Å². The molecule has 24 heavy (non-hydrogen) atoms. The van der Waals surface area contributed by atoms with E-state index in [2.05, 4.69) is 10.6 Å². The Morgan fingerprint density at radius 2 is 2.08 bits per heavy atom. The maximum atomic E-state index is 12.1. The first-order valence-electron chi connectivity index (χ1n) is 7.89. The largest absolute Gasteiger partial charge is 0.463 e. The number of anilines is 1. The molecule has 0 aromatic heterocycles. The highest BCUT2D eigenvalue weighted by molar-refractivity contribution is 5.95. The number of nitrogens with zero attached hydrogens (tertiary/aromatic N) is 1. The van der Waals surface area contributed by atoms with Crippen molar-refractivity contribution in [1.82, 2.24) is 5.32 Å². The van der Waals surface area contributed by atoms with Crippen LogP contribution in [0.15, 0.2) is 18.2 Å². The van der Waals surface area contributed by atoms with Crippen LogP contribution in [-0.2, 0) is 9.53 Å². The third-order valence-electron chi connectivity index (χ3n) is 3.38. The Labute approximate surface area is 139 Å². The first-order valence-corrected chi connectivity index (χ1v) is 7.89. The molecule has 1 fully saturated rings. The fraction of sp³-hybridized carbons (Fsp3) is 0.500. The summed E-state index contributed by atoms with van der Waals surface area (Å²) in [7, 11) is 0. The predicted octanol–water partition coefficient (Wildman–Crippen LogP) is 2.24. The van der Waals surface area contributed by atoms with Gasteiger partial charge >= 0.3 is 5.97 Å². The van der Waals surface area contributed by atoms with E-state index in [1.807, 2.05) is 0 Å². The van der Waals surface area contributed by atoms with E-state index in [1.165, 1.54) is 12.1 Å². The van der Waals surface area contributed by atoms with E-state index >= 15 is 0 Å². The van der Waals surface area contributed by atoms with E-state index in [-0.39, 0.29) is 36.4 Å². The molecule has 1 aliphatic carbocycles. The van der Waals surface area contributed by atoms with Crippen molar-refractivity contribution in [3.63, 3.8) is 0 Å². The van der Waals surface area contributed by atoms with Crippen LogP contribution in [0.2, 0.25) is 0 Å². The quantitative estimate of drug-likeness (QED) is 0.428. The minimum atomic E-state index is -0.512. The second-order valence-electron chi connectivity index (χ2n) is 5.95. The Balaban J connectivity index is 1.95. The summed E-state index contributed by atoms with van der Waals surface area (Å²) in [5.41, 5.74) is 0.466. The minimum Gasteiger partial charge on any atom is -0.463 e. The zero-order valence-electron chi connectivity index (χ0n) is 13.7. The number of ether oxygens (including phenoxy) is 1. The topological polar surface area (TPSA) is 111 Å². The summed E-state index contributed by atoms with van der Waals surface area (Å²) < 4.78 is 4.96. The van der Waals surface area contributed by atoms with Crippen molar-refractivity contribution in [2.45, 2.75) is 45.3 Å². The SMILES string of the molecule is CC(C)OC(=O)CCNC(=O)c1ccc(NC2CC2)c([N+](=O)[O-])c1. The van der Waals surface area contributed by atoms with Gasteiger partial charge in [0.05, 0.1) is 17.4 Å². The average Bonchev–Trinajstić information content (AvgIpc) is 3.30. The van der Waals surface area contributed by atoms with Crippen LogP contribution in [-0.4, -0.2) is 35.5 Å². The van der Waals surface area contributed by atoms with E-state index in [9.17, 15) is 19.7 Å². The summed E-state index contributed by atoms with van der Waals surface area (Å²) in [4.78, 5) is 34.1. The summed E-state index contributed by atoms with van der Waals surface area (Å²) in [6.07, 6.45) is 1.83. The van der Waals surface area contributed by atoms with Gasteiger partial charge in [-0.25, -0.2) is 0 Å².